The maximum atomic E-state index is 12.6. The lowest BCUT2D eigenvalue weighted by atomic mass is 10.2. The van der Waals surface area contributed by atoms with Gasteiger partial charge in [-0.15, -0.1) is 0 Å². The van der Waals surface area contributed by atoms with Crippen LogP contribution in [0.1, 0.15) is 10.4 Å². The predicted molar refractivity (Wildman–Crippen MR) is 97.7 cm³/mol. The molecule has 0 radical (unpaired) electrons. The Hall–Kier alpha value is -2.29. The third-order valence-corrected chi connectivity index (χ3v) is 5.90. The average molecular weight is 397 g/mol. The van der Waals surface area contributed by atoms with Crippen LogP contribution >= 0.6 is 11.6 Å². The number of ether oxygens (including phenoxy) is 2. The van der Waals surface area contributed by atoms with E-state index in [1.165, 1.54) is 32.3 Å². The van der Waals surface area contributed by atoms with Crippen molar-refractivity contribution in [2.45, 2.75) is 4.90 Å². The van der Waals surface area contributed by atoms with Gasteiger partial charge in [0.15, 0.2) is 11.5 Å². The second-order valence-electron chi connectivity index (χ2n) is 5.74. The van der Waals surface area contributed by atoms with Crippen LogP contribution in [0.2, 0.25) is 5.02 Å². The first-order chi connectivity index (χ1) is 12.3. The number of anilines is 1. The Balaban J connectivity index is 1.88. The van der Waals surface area contributed by atoms with Gasteiger partial charge in [0.05, 0.1) is 15.5 Å². The lowest BCUT2D eigenvalue weighted by Gasteiger charge is -2.19. The van der Waals surface area contributed by atoms with Crippen LogP contribution in [0, 0.1) is 0 Å². The summed E-state index contributed by atoms with van der Waals surface area (Å²) in [5.41, 5.74) is 0.542. The number of halogens is 1. The second-order valence-corrected chi connectivity index (χ2v) is 8.30. The number of hydrogen-bond donors (Lipinski definition) is 1. The van der Waals surface area contributed by atoms with Crippen LogP contribution in [-0.2, 0) is 10.0 Å². The highest BCUT2D eigenvalue weighted by atomic mass is 35.5. The van der Waals surface area contributed by atoms with Gasteiger partial charge in [-0.2, -0.15) is 0 Å². The summed E-state index contributed by atoms with van der Waals surface area (Å²) in [5.74, 6) is 0.609. The maximum absolute atomic E-state index is 12.6. The Morgan fingerprint density at radius 3 is 2.46 bits per heavy atom. The van der Waals surface area contributed by atoms with E-state index in [0.717, 1.165) is 4.31 Å². The zero-order valence-corrected chi connectivity index (χ0v) is 15.7. The fourth-order valence-electron chi connectivity index (χ4n) is 2.37. The van der Waals surface area contributed by atoms with Crippen molar-refractivity contribution in [2.24, 2.45) is 0 Å². The number of nitrogens with one attached hydrogen (secondary N) is 1. The standard InChI is InChI=1S/C17H17ClN2O5S/c1-20(2)26(22,23)12-4-5-14(18)13(10-12)17(21)19-11-3-6-15-16(9-11)25-8-7-24-15/h3-6,9-10H,7-8H2,1-2H3,(H,19,21). The molecule has 1 amide bonds. The van der Waals surface area contributed by atoms with Crippen LogP contribution in [0.4, 0.5) is 5.69 Å². The minimum absolute atomic E-state index is 0.0146. The first-order valence-corrected chi connectivity index (χ1v) is 9.54. The topological polar surface area (TPSA) is 84.9 Å². The van der Waals surface area contributed by atoms with Crippen LogP contribution < -0.4 is 14.8 Å². The van der Waals surface area contributed by atoms with Crippen LogP contribution in [-0.4, -0.2) is 45.9 Å². The molecule has 1 aliphatic heterocycles. The van der Waals surface area contributed by atoms with Crippen molar-refractivity contribution >= 4 is 33.2 Å². The fourth-order valence-corrected chi connectivity index (χ4v) is 3.50. The molecule has 3 rings (SSSR count). The first-order valence-electron chi connectivity index (χ1n) is 7.72. The molecule has 0 saturated carbocycles. The molecule has 0 unspecified atom stereocenters. The van der Waals surface area contributed by atoms with Gasteiger partial charge in [0.25, 0.3) is 5.91 Å². The van der Waals surface area contributed by atoms with E-state index < -0.39 is 15.9 Å². The Kier molecular flexibility index (Phi) is 5.08. The van der Waals surface area contributed by atoms with Crippen LogP contribution in [0.3, 0.4) is 0 Å². The zero-order valence-electron chi connectivity index (χ0n) is 14.2. The van der Waals surface area contributed by atoms with Gasteiger partial charge in [-0.1, -0.05) is 11.6 Å². The number of rotatable bonds is 4. The Bertz CT molecular complexity index is 960. The minimum Gasteiger partial charge on any atom is -0.486 e. The van der Waals surface area contributed by atoms with E-state index in [-0.39, 0.29) is 15.5 Å². The first kappa shape index (κ1) is 18.5. The molecular weight excluding hydrogens is 380 g/mol. The number of carbonyl (C=O) groups is 1. The quantitative estimate of drug-likeness (QED) is 0.858. The van der Waals surface area contributed by atoms with Crippen molar-refractivity contribution in [1.82, 2.24) is 4.31 Å². The number of amides is 1. The van der Waals surface area contributed by atoms with Gasteiger partial charge < -0.3 is 14.8 Å². The van der Waals surface area contributed by atoms with E-state index in [0.29, 0.717) is 30.4 Å². The number of sulfonamides is 1. The van der Waals surface area contributed by atoms with Gasteiger partial charge in [-0.05, 0) is 30.3 Å². The maximum Gasteiger partial charge on any atom is 0.257 e. The van der Waals surface area contributed by atoms with Crippen molar-refractivity contribution in [2.75, 3.05) is 32.6 Å². The summed E-state index contributed by atoms with van der Waals surface area (Å²) >= 11 is 6.09. The molecule has 0 spiro atoms. The number of carbonyl (C=O) groups excluding carboxylic acids is 1. The Morgan fingerprint density at radius 1 is 1.08 bits per heavy atom. The Morgan fingerprint density at radius 2 is 1.77 bits per heavy atom. The lowest BCUT2D eigenvalue weighted by Crippen LogP contribution is -2.23. The smallest absolute Gasteiger partial charge is 0.257 e. The van der Waals surface area contributed by atoms with Crippen LogP contribution in [0.15, 0.2) is 41.3 Å². The monoisotopic (exact) mass is 396 g/mol. The molecule has 0 bridgehead atoms. The highest BCUT2D eigenvalue weighted by Crippen LogP contribution is 2.33. The predicted octanol–water partition coefficient (Wildman–Crippen LogP) is 2.61. The highest BCUT2D eigenvalue weighted by Gasteiger charge is 2.21. The van der Waals surface area contributed by atoms with Gasteiger partial charge >= 0.3 is 0 Å². The molecule has 26 heavy (non-hydrogen) atoms. The normalized spacial score (nSPS) is 13.5. The number of fused-ring (bicyclic) bond motifs is 1. The molecule has 1 N–H and O–H groups in total. The molecule has 138 valence electrons. The summed E-state index contributed by atoms with van der Waals surface area (Å²) in [4.78, 5) is 12.6. The lowest BCUT2D eigenvalue weighted by molar-refractivity contribution is 0.102. The van der Waals surface area contributed by atoms with Gasteiger partial charge in [-0.3, -0.25) is 4.79 Å². The van der Waals surface area contributed by atoms with Gasteiger partial charge in [0.2, 0.25) is 10.0 Å². The molecule has 1 heterocycles. The summed E-state index contributed by atoms with van der Waals surface area (Å²) in [6.45, 7) is 0.905. The largest absolute Gasteiger partial charge is 0.486 e. The van der Waals surface area contributed by atoms with E-state index in [2.05, 4.69) is 5.32 Å². The summed E-state index contributed by atoms with van der Waals surface area (Å²) in [5, 5.41) is 2.84. The molecular formula is C17H17ClN2O5S. The van der Waals surface area contributed by atoms with Crippen molar-refractivity contribution < 1.29 is 22.7 Å². The second kappa shape index (κ2) is 7.14. The summed E-state index contributed by atoms with van der Waals surface area (Å²) in [7, 11) is -0.845. The van der Waals surface area contributed by atoms with Gasteiger partial charge in [0, 0.05) is 25.8 Å². The van der Waals surface area contributed by atoms with E-state index in [1.54, 1.807) is 18.2 Å². The molecule has 0 atom stereocenters. The van der Waals surface area contributed by atoms with Crippen molar-refractivity contribution in [3.8, 4) is 11.5 Å². The van der Waals surface area contributed by atoms with Crippen molar-refractivity contribution in [1.29, 1.82) is 0 Å². The van der Waals surface area contributed by atoms with E-state index in [4.69, 9.17) is 21.1 Å². The molecule has 7 nitrogen and oxygen atoms in total. The third-order valence-electron chi connectivity index (χ3n) is 3.76. The molecule has 1 aliphatic rings. The minimum atomic E-state index is -3.68. The SMILES string of the molecule is CN(C)S(=O)(=O)c1ccc(Cl)c(C(=O)Nc2ccc3c(c2)OCCO3)c1. The zero-order chi connectivity index (χ0) is 18.9. The van der Waals surface area contributed by atoms with Crippen molar-refractivity contribution in [3.63, 3.8) is 0 Å². The van der Waals surface area contributed by atoms with E-state index in [9.17, 15) is 13.2 Å². The van der Waals surface area contributed by atoms with Crippen molar-refractivity contribution in [3.05, 3.63) is 47.0 Å². The molecule has 2 aromatic rings. The summed E-state index contributed by atoms with van der Waals surface area (Å²) < 4.78 is 36.5. The summed E-state index contributed by atoms with van der Waals surface area (Å²) in [6, 6.07) is 9.00. The third kappa shape index (κ3) is 3.62. The fraction of sp³-hybridized carbons (Fsp3) is 0.235. The number of benzene rings is 2. The molecule has 0 aromatic heterocycles. The van der Waals surface area contributed by atoms with Gasteiger partial charge in [0.1, 0.15) is 13.2 Å². The van der Waals surface area contributed by atoms with E-state index >= 15 is 0 Å². The molecule has 9 heteroatoms. The van der Waals surface area contributed by atoms with Crippen LogP contribution in [0.5, 0.6) is 11.5 Å². The molecule has 0 saturated heterocycles. The van der Waals surface area contributed by atoms with E-state index in [1.807, 2.05) is 0 Å². The number of hydrogen-bond acceptors (Lipinski definition) is 5. The average Bonchev–Trinajstić information content (AvgIpc) is 2.61. The molecule has 2 aromatic carbocycles. The number of nitrogens with zero attached hydrogens (tertiary/aromatic N) is 1. The van der Waals surface area contributed by atoms with Crippen LogP contribution in [0.25, 0.3) is 0 Å². The van der Waals surface area contributed by atoms with Gasteiger partial charge in [-0.25, -0.2) is 12.7 Å². The highest BCUT2D eigenvalue weighted by molar-refractivity contribution is 7.89. The molecule has 0 fully saturated rings. The molecule has 0 aliphatic carbocycles. The Labute approximate surface area is 156 Å². The summed E-state index contributed by atoms with van der Waals surface area (Å²) in [6.07, 6.45) is 0.